The molecule has 0 saturated carbocycles. The lowest BCUT2D eigenvalue weighted by Gasteiger charge is -2.16. The molecule has 0 amide bonds. The lowest BCUT2D eigenvalue weighted by molar-refractivity contribution is -0.115. The summed E-state index contributed by atoms with van der Waals surface area (Å²) in [5, 5.41) is 63.2. The molecule has 122 heavy (non-hydrogen) atoms. The zero-order valence-corrected chi connectivity index (χ0v) is 65.7. The van der Waals surface area contributed by atoms with Crippen molar-refractivity contribution in [1.82, 2.24) is 92.7 Å². The second-order valence-corrected chi connectivity index (χ2v) is 29.4. The molecule has 0 radical (unpaired) electrons. The Balaban J connectivity index is 0.000000116. The zero-order chi connectivity index (χ0) is 84.9. The molecule has 0 saturated heterocycles. The van der Waals surface area contributed by atoms with Crippen LogP contribution in [0.2, 0.25) is 0 Å². The lowest BCUT2D eigenvalue weighted by atomic mass is 9.91. The van der Waals surface area contributed by atoms with Gasteiger partial charge in [-0.25, -0.2) is 63.0 Å². The van der Waals surface area contributed by atoms with Gasteiger partial charge in [0.15, 0.2) is 28.4 Å². The highest BCUT2D eigenvalue weighted by molar-refractivity contribution is 6.05. The summed E-state index contributed by atoms with van der Waals surface area (Å²) in [4.78, 5) is 85.7. The molecule has 0 bridgehead atoms. The fraction of sp³-hybridized carbons (Fsp3) is 0.111. The Hall–Kier alpha value is -16.7. The van der Waals surface area contributed by atoms with Gasteiger partial charge in [0.2, 0.25) is 0 Å². The number of ketones is 1. The number of rotatable bonds is 13. The number of aryl methyl sites for hydroxylation is 2. The van der Waals surface area contributed by atoms with E-state index in [0.29, 0.717) is 124 Å². The molecule has 20 rings (SSSR count). The van der Waals surface area contributed by atoms with Crippen LogP contribution in [0.1, 0.15) is 47.7 Å². The largest absolute Gasteiger partial charge is 0.508 e. The van der Waals surface area contributed by atoms with Crippen LogP contribution in [-0.2, 0) is 51.5 Å². The minimum absolute atomic E-state index is 0.00235. The van der Waals surface area contributed by atoms with Gasteiger partial charge in [-0.15, -0.1) is 0 Å². The maximum atomic E-state index is 13.9. The molecule has 1 aliphatic carbocycles. The number of hydrogen-bond donors (Lipinski definition) is 8. The predicted molar refractivity (Wildman–Crippen MR) is 465 cm³/mol. The molecule has 11 aromatic heterocycles. The average Bonchev–Trinajstić information content (AvgIpc) is 1.59. The summed E-state index contributed by atoms with van der Waals surface area (Å²) in [6, 6.07) is 60.6. The van der Waals surface area contributed by atoms with Crippen molar-refractivity contribution in [3.8, 4) is 68.0 Å². The minimum atomic E-state index is -0.614. The van der Waals surface area contributed by atoms with E-state index in [-0.39, 0.29) is 95.1 Å². The molecule has 1 aliphatic rings. The van der Waals surface area contributed by atoms with Gasteiger partial charge in [-0.2, -0.15) is 20.4 Å². The van der Waals surface area contributed by atoms with Gasteiger partial charge in [0, 0.05) is 77.1 Å². The Bertz CT molecular complexity index is 7630. The number of nitrogens with zero attached hydrogens (tertiary/aromatic N) is 19. The van der Waals surface area contributed by atoms with Crippen molar-refractivity contribution in [2.24, 2.45) is 14.1 Å². The molecule has 604 valence electrons. The number of allylic oxidation sites excluding steroid dienone is 1. The van der Waals surface area contributed by atoms with E-state index in [0.717, 1.165) is 49.9 Å². The monoisotopic (exact) mass is 1620 g/mol. The van der Waals surface area contributed by atoms with Gasteiger partial charge in [0.1, 0.15) is 100 Å². The van der Waals surface area contributed by atoms with E-state index in [1.54, 1.807) is 96.4 Å². The lowest BCUT2D eigenvalue weighted by Crippen LogP contribution is -2.27. The fourth-order valence-electron chi connectivity index (χ4n) is 15.4. The summed E-state index contributed by atoms with van der Waals surface area (Å²) >= 11 is 0. The highest BCUT2D eigenvalue weighted by atomic mass is 19.1. The van der Waals surface area contributed by atoms with Crippen molar-refractivity contribution in [3.63, 3.8) is 0 Å². The Labute approximate surface area is 690 Å². The highest BCUT2D eigenvalue weighted by Crippen LogP contribution is 2.38. The van der Waals surface area contributed by atoms with E-state index in [9.17, 15) is 44.0 Å². The number of nitrogens with two attached hydrogens (primary N) is 4. The third-order valence-corrected chi connectivity index (χ3v) is 21.1. The zero-order valence-electron chi connectivity index (χ0n) is 65.7. The number of hydrogen-bond acceptors (Lipinski definition) is 24. The standard InChI is InChI=1S/C24H22N6O2.C22H17FN6O2.C22H18N6O2.C22H17N5O2/c1-14(2)30-19-9-4-3-6-15(19)10-17(24(30)32)12-29-23-20(22(25)26-13-27-23)21(28-29)16-7-5-8-18(31)11-16;1-28-17-5-3-2-4-12(17)6-14(22(28)31)10-29-21-18(20(24)25-11-26-21)19(27-29)13-7-15(23)9-16(30)8-13;1-27-17-8-3-2-5-13(17)9-15(22(27)30)11-28-21-18(20(23)24-12-25-21)19(26-28)14-6-4-7-16(29)10-14;23-21-19-20(15-6-3-7-17(28)9-15)26-27(22(19)25-12-24-21)11-16-8-13-4-1-2-5-14(13)10-18(16)29/h3-11,13-14,31H,12H2,1-2H3,(H2,25,26,27);2-9,11,30H,10H2,1H3,(H2,24,25,26);2-10,12,29H,11H2,1H3,(H2,23,24,25);1-9,12,28H,10-11H2,(H2,23,24,25). The smallest absolute Gasteiger partial charge is 0.256 e. The number of halogens is 1. The predicted octanol–water partition coefficient (Wildman–Crippen LogP) is 12.2. The topological polar surface area (TPSA) is 442 Å². The molecule has 11 heterocycles. The number of para-hydroxylation sites is 3. The van der Waals surface area contributed by atoms with Crippen molar-refractivity contribution in [2.75, 3.05) is 22.9 Å². The van der Waals surface area contributed by atoms with E-state index in [1.165, 1.54) is 42.1 Å². The molecule has 0 atom stereocenters. The molecule has 0 aliphatic heterocycles. The number of carbonyl (C=O) groups is 1. The number of carbonyl (C=O) groups excluding carboxylic acids is 1. The van der Waals surface area contributed by atoms with E-state index < -0.39 is 5.82 Å². The minimum Gasteiger partial charge on any atom is -0.508 e. The molecule has 0 fully saturated rings. The third kappa shape index (κ3) is 14.9. The van der Waals surface area contributed by atoms with E-state index in [1.807, 2.05) is 153 Å². The third-order valence-electron chi connectivity index (χ3n) is 21.1. The van der Waals surface area contributed by atoms with Crippen molar-refractivity contribution in [1.29, 1.82) is 0 Å². The van der Waals surface area contributed by atoms with Gasteiger partial charge in [-0.05, 0) is 132 Å². The number of benzene rings is 8. The normalized spacial score (nSPS) is 11.9. The molecule has 0 spiro atoms. The van der Waals surface area contributed by atoms with Crippen LogP contribution in [0.15, 0.2) is 252 Å². The van der Waals surface area contributed by atoms with E-state index in [4.69, 9.17) is 28.0 Å². The Kier molecular flexibility index (Phi) is 20.5. The van der Waals surface area contributed by atoms with Crippen LogP contribution in [0.5, 0.6) is 23.0 Å². The van der Waals surface area contributed by atoms with Crippen LogP contribution in [0, 0.1) is 5.82 Å². The van der Waals surface area contributed by atoms with Crippen LogP contribution in [0.3, 0.4) is 0 Å². The molecule has 8 aromatic carbocycles. The quantitative estimate of drug-likeness (QED) is 0.0531. The summed E-state index contributed by atoms with van der Waals surface area (Å²) in [7, 11) is 3.48. The molecule has 19 aromatic rings. The fourth-order valence-corrected chi connectivity index (χ4v) is 15.4. The highest BCUT2D eigenvalue weighted by Gasteiger charge is 2.27. The van der Waals surface area contributed by atoms with Crippen LogP contribution in [-0.4, -0.2) is 119 Å². The van der Waals surface area contributed by atoms with Crippen LogP contribution in [0.25, 0.3) is 128 Å². The number of nitrogen functional groups attached to an aromatic ring is 4. The molecular formula is C90H74FN23O8. The van der Waals surface area contributed by atoms with Gasteiger partial charge in [-0.1, -0.05) is 115 Å². The molecule has 12 N–H and O–H groups in total. The van der Waals surface area contributed by atoms with Crippen molar-refractivity contribution >= 4 is 112 Å². The summed E-state index contributed by atoms with van der Waals surface area (Å²) in [5.74, 6) is 0.622. The van der Waals surface area contributed by atoms with Crippen LogP contribution in [0.4, 0.5) is 27.7 Å². The SMILES string of the molecule is CC(C)n1c(=O)c(Cn2nc(-c3cccc(O)c3)c3c(N)ncnc32)cc2ccccc21.Cn1c(=O)c(Cn2nc(-c3cc(O)cc(F)c3)c3c(N)ncnc32)cc2ccccc21.Cn1c(=O)c(Cn2nc(-c3cccc(O)c3)c3c(N)ncnc32)cc2ccccc21.Nc1ncnc2c1c(-c1cccc(O)c1)nn2CC1=Cc2ccccc2CC1=O. The van der Waals surface area contributed by atoms with Crippen molar-refractivity contribution in [2.45, 2.75) is 52.5 Å². The molecular weight excluding hydrogens is 1550 g/mol. The summed E-state index contributed by atoms with van der Waals surface area (Å²) < 4.78 is 25.5. The number of fused-ring (bicyclic) bond motifs is 8. The van der Waals surface area contributed by atoms with Gasteiger partial charge >= 0.3 is 0 Å². The van der Waals surface area contributed by atoms with Gasteiger partial charge in [0.25, 0.3) is 16.7 Å². The van der Waals surface area contributed by atoms with Gasteiger partial charge < -0.3 is 57.1 Å². The maximum absolute atomic E-state index is 13.9. The summed E-state index contributed by atoms with van der Waals surface area (Å²) in [6.07, 6.45) is 7.73. The maximum Gasteiger partial charge on any atom is 0.256 e. The Morgan fingerprint density at radius 1 is 0.377 bits per heavy atom. The molecule has 0 unspecified atom stereocenters. The molecule has 32 heteroatoms. The Morgan fingerprint density at radius 3 is 1.13 bits per heavy atom. The number of aromatic hydroxyl groups is 4. The van der Waals surface area contributed by atoms with Gasteiger partial charge in [0.05, 0.1) is 64.3 Å². The second-order valence-electron chi connectivity index (χ2n) is 29.4. The summed E-state index contributed by atoms with van der Waals surface area (Å²) in [6.45, 7) is 4.85. The second kappa shape index (κ2) is 32.1. The van der Waals surface area contributed by atoms with E-state index >= 15 is 0 Å². The van der Waals surface area contributed by atoms with Crippen molar-refractivity contribution in [3.05, 3.63) is 302 Å². The number of pyridine rings is 3. The number of Topliss-reactive ketones (excluding diaryl/α,β-unsaturated/α-hetero) is 1. The molecule has 31 nitrogen and oxygen atoms in total. The number of anilines is 4. The van der Waals surface area contributed by atoms with E-state index in [2.05, 4.69) is 55.2 Å². The number of aromatic nitrogens is 19. The Morgan fingerprint density at radius 2 is 0.730 bits per heavy atom. The van der Waals surface area contributed by atoms with Crippen LogP contribution >= 0.6 is 0 Å². The van der Waals surface area contributed by atoms with Gasteiger partial charge in [-0.3, -0.25) is 19.2 Å². The van der Waals surface area contributed by atoms with Crippen molar-refractivity contribution < 1.29 is 29.6 Å². The first-order chi connectivity index (χ1) is 59.0. The average molecular weight is 1620 g/mol. The number of phenolic OH excluding ortho intramolecular Hbond substituents is 4. The first kappa shape index (κ1) is 77.9. The van der Waals surface area contributed by atoms with Crippen LogP contribution < -0.4 is 39.6 Å². The first-order valence-corrected chi connectivity index (χ1v) is 38.3. The number of phenols is 4. The first-order valence-electron chi connectivity index (χ1n) is 38.3. The summed E-state index contributed by atoms with van der Waals surface area (Å²) in [5.41, 5.74) is 37.6.